The Bertz CT molecular complexity index is 879. The normalized spacial score (nSPS) is 18.8. The van der Waals surface area contributed by atoms with Gasteiger partial charge in [-0.2, -0.15) is 5.10 Å². The third-order valence-electron chi connectivity index (χ3n) is 5.88. The molecule has 1 fully saturated rings. The molecule has 0 saturated carbocycles. The van der Waals surface area contributed by atoms with E-state index in [0.717, 1.165) is 42.7 Å². The van der Waals surface area contributed by atoms with E-state index in [2.05, 4.69) is 17.3 Å². The van der Waals surface area contributed by atoms with E-state index in [1.165, 1.54) is 0 Å². The van der Waals surface area contributed by atoms with Crippen LogP contribution < -0.4 is 10.1 Å². The van der Waals surface area contributed by atoms with E-state index in [-0.39, 0.29) is 23.8 Å². The van der Waals surface area contributed by atoms with Gasteiger partial charge in [-0.1, -0.05) is 31.5 Å². The summed E-state index contributed by atoms with van der Waals surface area (Å²) in [5.41, 5.74) is 2.03. The molecule has 31 heavy (non-hydrogen) atoms. The minimum Gasteiger partial charge on any atom is -0.496 e. The molecule has 2 unspecified atom stereocenters. The fourth-order valence-corrected chi connectivity index (χ4v) is 4.29. The Hall–Kier alpha value is -2.83. The first-order valence-electron chi connectivity index (χ1n) is 11.2. The van der Waals surface area contributed by atoms with Crippen LogP contribution in [-0.4, -0.2) is 46.7 Å². The van der Waals surface area contributed by atoms with Crippen LogP contribution >= 0.6 is 0 Å². The van der Waals surface area contributed by atoms with Crippen molar-refractivity contribution in [3.8, 4) is 5.75 Å². The first kappa shape index (κ1) is 22.8. The van der Waals surface area contributed by atoms with Crippen LogP contribution in [0.1, 0.15) is 56.2 Å². The van der Waals surface area contributed by atoms with Crippen LogP contribution in [0.25, 0.3) is 0 Å². The fraction of sp³-hybridized carbons (Fsp3) is 0.542. The number of carbonyl (C=O) groups is 2. The van der Waals surface area contributed by atoms with E-state index in [9.17, 15) is 9.59 Å². The van der Waals surface area contributed by atoms with Crippen molar-refractivity contribution in [2.75, 3.05) is 20.2 Å². The highest BCUT2D eigenvalue weighted by molar-refractivity contribution is 5.85. The van der Waals surface area contributed by atoms with Gasteiger partial charge >= 0.3 is 0 Å². The summed E-state index contributed by atoms with van der Waals surface area (Å²) >= 11 is 0. The van der Waals surface area contributed by atoms with Gasteiger partial charge in [0.05, 0.1) is 25.3 Å². The van der Waals surface area contributed by atoms with E-state index in [1.54, 1.807) is 7.11 Å². The topological polar surface area (TPSA) is 76.5 Å². The predicted octanol–water partition coefficient (Wildman–Crippen LogP) is 3.49. The van der Waals surface area contributed by atoms with Crippen molar-refractivity contribution in [3.05, 3.63) is 47.8 Å². The fourth-order valence-electron chi connectivity index (χ4n) is 4.29. The number of ether oxygens (including phenoxy) is 1. The molecule has 168 valence electrons. The molecule has 2 atom stereocenters. The molecule has 0 aliphatic carbocycles. The number of unbranched alkanes of at least 4 members (excludes halogenated alkanes) is 1. The summed E-state index contributed by atoms with van der Waals surface area (Å²) in [6.45, 7) is 6.11. The summed E-state index contributed by atoms with van der Waals surface area (Å²) in [5, 5.41) is 7.39. The van der Waals surface area contributed by atoms with E-state index >= 15 is 0 Å². The van der Waals surface area contributed by atoms with Crippen LogP contribution in [0.2, 0.25) is 0 Å². The number of rotatable bonds is 10. The number of para-hydroxylation sites is 1. The van der Waals surface area contributed by atoms with Gasteiger partial charge in [0.2, 0.25) is 11.8 Å². The van der Waals surface area contributed by atoms with Gasteiger partial charge < -0.3 is 15.0 Å². The van der Waals surface area contributed by atoms with Crippen molar-refractivity contribution in [2.24, 2.45) is 5.92 Å². The van der Waals surface area contributed by atoms with Crippen molar-refractivity contribution >= 4 is 11.8 Å². The molecular weight excluding hydrogens is 392 g/mol. The van der Waals surface area contributed by atoms with Gasteiger partial charge in [-0.05, 0) is 37.8 Å². The van der Waals surface area contributed by atoms with Crippen molar-refractivity contribution in [1.82, 2.24) is 20.0 Å². The highest BCUT2D eigenvalue weighted by atomic mass is 16.5. The summed E-state index contributed by atoms with van der Waals surface area (Å²) in [5.74, 6) is 0.539. The Labute approximate surface area is 184 Å². The van der Waals surface area contributed by atoms with Crippen LogP contribution in [0.15, 0.2) is 36.7 Å². The lowest BCUT2D eigenvalue weighted by molar-refractivity contribution is -0.143. The Balaban J connectivity index is 1.73. The van der Waals surface area contributed by atoms with Gasteiger partial charge in [0.25, 0.3) is 0 Å². The second-order valence-corrected chi connectivity index (χ2v) is 8.20. The van der Waals surface area contributed by atoms with Gasteiger partial charge in [0.1, 0.15) is 5.75 Å². The van der Waals surface area contributed by atoms with Crippen LogP contribution in [0, 0.1) is 12.8 Å². The molecule has 0 bridgehead atoms. The molecule has 2 amide bonds. The molecular formula is C24H34N4O3. The molecule has 3 rings (SSSR count). The van der Waals surface area contributed by atoms with E-state index in [4.69, 9.17) is 4.74 Å². The highest BCUT2D eigenvalue weighted by Crippen LogP contribution is 2.40. The molecule has 2 heterocycles. The number of hydrogen-bond donors (Lipinski definition) is 1. The van der Waals surface area contributed by atoms with Crippen molar-refractivity contribution in [3.63, 3.8) is 0 Å². The molecule has 1 aliphatic heterocycles. The molecule has 1 aromatic heterocycles. The van der Waals surface area contributed by atoms with Crippen molar-refractivity contribution in [1.29, 1.82) is 0 Å². The predicted molar refractivity (Wildman–Crippen MR) is 120 cm³/mol. The van der Waals surface area contributed by atoms with Crippen LogP contribution in [0.4, 0.5) is 0 Å². The van der Waals surface area contributed by atoms with E-state index < -0.39 is 0 Å². The summed E-state index contributed by atoms with van der Waals surface area (Å²) in [4.78, 5) is 27.9. The van der Waals surface area contributed by atoms with E-state index in [0.29, 0.717) is 25.9 Å². The first-order chi connectivity index (χ1) is 15.0. The van der Waals surface area contributed by atoms with Gasteiger partial charge in [-0.15, -0.1) is 0 Å². The molecule has 2 aromatic rings. The summed E-state index contributed by atoms with van der Waals surface area (Å²) in [6.07, 6.45) is 7.49. The molecule has 0 spiro atoms. The summed E-state index contributed by atoms with van der Waals surface area (Å²) in [6, 6.07) is 7.41. The lowest BCUT2D eigenvalue weighted by atomic mass is 9.83. The second-order valence-electron chi connectivity index (χ2n) is 8.20. The number of amides is 2. The quantitative estimate of drug-likeness (QED) is 0.590. The molecule has 1 aliphatic rings. The number of nitrogens with one attached hydrogen (secondary N) is 1. The standard InChI is InChI=1S/C24H34N4O3/c1-4-5-15-28-22(29)12-11-20(23(28)19-9-6-7-10-21(19)31-3)24(30)25-13-8-14-27-17-18(2)16-26-27/h6-7,9-10,16-17,20,23H,4-5,8,11-15H2,1-3H3,(H,25,30). The third kappa shape index (κ3) is 5.66. The Morgan fingerprint density at radius 2 is 2.06 bits per heavy atom. The van der Waals surface area contributed by atoms with Gasteiger partial charge in [0.15, 0.2) is 0 Å². The number of nitrogens with zero attached hydrogens (tertiary/aromatic N) is 3. The number of likely N-dealkylation sites (tertiary alicyclic amines) is 1. The first-order valence-corrected chi connectivity index (χ1v) is 11.2. The molecule has 1 aromatic carbocycles. The minimum absolute atomic E-state index is 0.00144. The lowest BCUT2D eigenvalue weighted by Crippen LogP contribution is -2.48. The average molecular weight is 427 g/mol. The number of aryl methyl sites for hydroxylation is 2. The smallest absolute Gasteiger partial charge is 0.225 e. The SMILES string of the molecule is CCCCN1C(=O)CCC(C(=O)NCCCn2cc(C)cn2)C1c1ccccc1OC. The number of carbonyl (C=O) groups excluding carboxylic acids is 2. The zero-order valence-corrected chi connectivity index (χ0v) is 18.8. The molecule has 7 heteroatoms. The Morgan fingerprint density at radius 3 is 2.77 bits per heavy atom. The Kier molecular flexibility index (Phi) is 8.09. The van der Waals surface area contributed by atoms with Gasteiger partial charge in [-0.3, -0.25) is 14.3 Å². The number of benzene rings is 1. The number of piperidine rings is 1. The largest absolute Gasteiger partial charge is 0.496 e. The number of methoxy groups -OCH3 is 1. The van der Waals surface area contributed by atoms with Crippen molar-refractivity contribution in [2.45, 2.75) is 58.5 Å². The molecule has 1 N–H and O–H groups in total. The molecule has 7 nitrogen and oxygen atoms in total. The van der Waals surface area contributed by atoms with Crippen LogP contribution in [-0.2, 0) is 16.1 Å². The van der Waals surface area contributed by atoms with Gasteiger partial charge in [-0.25, -0.2) is 0 Å². The summed E-state index contributed by atoms with van der Waals surface area (Å²) in [7, 11) is 1.63. The highest BCUT2D eigenvalue weighted by Gasteiger charge is 2.41. The minimum atomic E-state index is -0.308. The zero-order chi connectivity index (χ0) is 22.2. The maximum absolute atomic E-state index is 13.2. The van der Waals surface area contributed by atoms with Crippen molar-refractivity contribution < 1.29 is 14.3 Å². The lowest BCUT2D eigenvalue weighted by Gasteiger charge is -2.41. The van der Waals surface area contributed by atoms with E-state index in [1.807, 2.05) is 53.2 Å². The van der Waals surface area contributed by atoms with Crippen LogP contribution in [0.5, 0.6) is 5.75 Å². The maximum atomic E-state index is 13.2. The van der Waals surface area contributed by atoms with Crippen LogP contribution in [0.3, 0.4) is 0 Å². The monoisotopic (exact) mass is 426 g/mol. The average Bonchev–Trinajstić information content (AvgIpc) is 3.20. The number of hydrogen-bond acceptors (Lipinski definition) is 4. The maximum Gasteiger partial charge on any atom is 0.225 e. The summed E-state index contributed by atoms with van der Waals surface area (Å²) < 4.78 is 7.48. The molecule has 1 saturated heterocycles. The third-order valence-corrected chi connectivity index (χ3v) is 5.88. The zero-order valence-electron chi connectivity index (χ0n) is 18.8. The number of aromatic nitrogens is 2. The Morgan fingerprint density at radius 1 is 1.26 bits per heavy atom. The van der Waals surface area contributed by atoms with Gasteiger partial charge in [0, 0.05) is 37.8 Å². The second kappa shape index (κ2) is 11.0. The molecule has 0 radical (unpaired) electrons.